The summed E-state index contributed by atoms with van der Waals surface area (Å²) >= 11 is 0. The van der Waals surface area contributed by atoms with E-state index in [1.54, 1.807) is 0 Å². The number of benzene rings is 1. The molecule has 0 unspecified atom stereocenters. The molecule has 8 heteroatoms. The number of imide groups is 1. The van der Waals surface area contributed by atoms with Gasteiger partial charge in [-0.25, -0.2) is 0 Å². The lowest BCUT2D eigenvalue weighted by molar-refractivity contribution is -0.147. The fourth-order valence-electron chi connectivity index (χ4n) is 4.58. The van der Waals surface area contributed by atoms with Gasteiger partial charge >= 0.3 is 6.18 Å². The summed E-state index contributed by atoms with van der Waals surface area (Å²) in [6, 6.07) is 4.74. The average Bonchev–Trinajstić information content (AvgIpc) is 3.31. The maximum Gasteiger partial charge on any atom is 0.416 e. The van der Waals surface area contributed by atoms with E-state index in [0.29, 0.717) is 5.56 Å². The van der Waals surface area contributed by atoms with Gasteiger partial charge in [-0.1, -0.05) is 24.3 Å². The number of rotatable bonds is 4. The molecule has 3 amide bonds. The van der Waals surface area contributed by atoms with E-state index in [0.717, 1.165) is 23.5 Å². The predicted octanol–water partition coefficient (Wildman–Crippen LogP) is 2.47. The number of allylic oxidation sites excluding steroid dienone is 2. The van der Waals surface area contributed by atoms with Crippen molar-refractivity contribution >= 4 is 17.7 Å². The zero-order chi connectivity index (χ0) is 20.2. The van der Waals surface area contributed by atoms with Crippen LogP contribution in [0.2, 0.25) is 0 Å². The molecule has 1 saturated heterocycles. The summed E-state index contributed by atoms with van der Waals surface area (Å²) in [4.78, 5) is 40.0. The van der Waals surface area contributed by atoms with Crippen molar-refractivity contribution in [1.82, 2.24) is 9.80 Å². The van der Waals surface area contributed by atoms with Crippen LogP contribution < -0.4 is 0 Å². The van der Waals surface area contributed by atoms with Crippen molar-refractivity contribution in [2.24, 2.45) is 23.7 Å². The van der Waals surface area contributed by atoms with E-state index in [4.69, 9.17) is 0 Å². The van der Waals surface area contributed by atoms with Crippen LogP contribution in [0, 0.1) is 23.7 Å². The Morgan fingerprint density at radius 2 is 1.75 bits per heavy atom. The van der Waals surface area contributed by atoms with Gasteiger partial charge < -0.3 is 4.90 Å². The van der Waals surface area contributed by atoms with Crippen LogP contribution in [-0.2, 0) is 27.1 Å². The molecule has 4 atom stereocenters. The van der Waals surface area contributed by atoms with Crippen LogP contribution in [-0.4, -0.2) is 41.1 Å². The molecule has 1 aromatic rings. The second kappa shape index (κ2) is 6.46. The van der Waals surface area contributed by atoms with Gasteiger partial charge in [0.15, 0.2) is 0 Å². The maximum absolute atomic E-state index is 12.8. The molecule has 1 heterocycles. The second-order valence-corrected chi connectivity index (χ2v) is 7.71. The monoisotopic (exact) mass is 392 g/mol. The lowest BCUT2D eigenvalue weighted by atomic mass is 9.85. The predicted molar refractivity (Wildman–Crippen MR) is 92.4 cm³/mol. The number of alkyl halides is 3. The number of nitrogens with zero attached hydrogens (tertiary/aromatic N) is 2. The summed E-state index contributed by atoms with van der Waals surface area (Å²) in [5.74, 6) is -1.73. The summed E-state index contributed by atoms with van der Waals surface area (Å²) in [5, 5.41) is 0. The van der Waals surface area contributed by atoms with Crippen molar-refractivity contribution in [2.75, 3.05) is 13.6 Å². The van der Waals surface area contributed by atoms with Crippen LogP contribution in [0.4, 0.5) is 13.2 Å². The second-order valence-electron chi connectivity index (χ2n) is 7.71. The van der Waals surface area contributed by atoms with Gasteiger partial charge in [0.1, 0.15) is 6.54 Å². The molecule has 1 aliphatic heterocycles. The summed E-state index contributed by atoms with van der Waals surface area (Å²) in [6.07, 6.45) is 0.298. The van der Waals surface area contributed by atoms with Crippen molar-refractivity contribution in [3.05, 3.63) is 47.5 Å². The van der Waals surface area contributed by atoms with Gasteiger partial charge in [-0.2, -0.15) is 13.2 Å². The highest BCUT2D eigenvalue weighted by Gasteiger charge is 2.59. The Morgan fingerprint density at radius 3 is 2.32 bits per heavy atom. The summed E-state index contributed by atoms with van der Waals surface area (Å²) in [7, 11) is 1.44. The summed E-state index contributed by atoms with van der Waals surface area (Å²) in [6.45, 7) is -0.418. The Kier molecular flexibility index (Phi) is 4.32. The number of likely N-dealkylation sites (N-methyl/N-ethyl adjacent to an activating group) is 1. The van der Waals surface area contributed by atoms with E-state index in [1.807, 2.05) is 12.2 Å². The first-order valence-electron chi connectivity index (χ1n) is 9.10. The van der Waals surface area contributed by atoms with Gasteiger partial charge in [-0.3, -0.25) is 19.3 Å². The first-order valence-corrected chi connectivity index (χ1v) is 9.10. The molecule has 3 aliphatic rings. The Hall–Kier alpha value is -2.64. The van der Waals surface area contributed by atoms with Crippen molar-refractivity contribution < 1.29 is 27.6 Å². The molecule has 0 spiro atoms. The first kappa shape index (κ1) is 18.7. The normalized spacial score (nSPS) is 28.2. The lowest BCUT2D eigenvalue weighted by Gasteiger charge is -2.22. The summed E-state index contributed by atoms with van der Waals surface area (Å²) < 4.78 is 38.5. The molecule has 4 rings (SSSR count). The highest BCUT2D eigenvalue weighted by atomic mass is 19.4. The van der Waals surface area contributed by atoms with E-state index in [-0.39, 0.29) is 48.6 Å². The SMILES string of the molecule is CN(Cc1cccc(C(F)(F)F)c1)C(=O)CN1C(=O)[C@@H]2[C@H](C1=O)[C@H]1C=C[C@H]2C1. The van der Waals surface area contributed by atoms with Crippen LogP contribution in [0.1, 0.15) is 17.5 Å². The number of hydrogen-bond acceptors (Lipinski definition) is 3. The Bertz CT molecular complexity index is 850. The minimum absolute atomic E-state index is 0.0430. The van der Waals surface area contributed by atoms with Gasteiger partial charge in [0.25, 0.3) is 0 Å². The fraction of sp³-hybridized carbons (Fsp3) is 0.450. The number of halogens is 3. The molecule has 0 N–H and O–H groups in total. The van der Waals surface area contributed by atoms with Gasteiger partial charge in [0, 0.05) is 13.6 Å². The lowest BCUT2D eigenvalue weighted by Crippen LogP contribution is -2.42. The number of likely N-dealkylation sites (tertiary alicyclic amines) is 1. The molecule has 2 aliphatic carbocycles. The molecule has 2 fully saturated rings. The van der Waals surface area contributed by atoms with Crippen molar-refractivity contribution in [1.29, 1.82) is 0 Å². The minimum Gasteiger partial charge on any atom is -0.340 e. The van der Waals surface area contributed by atoms with Crippen molar-refractivity contribution in [3.63, 3.8) is 0 Å². The zero-order valence-corrected chi connectivity index (χ0v) is 15.1. The number of amides is 3. The Morgan fingerprint density at radius 1 is 1.14 bits per heavy atom. The molecule has 148 valence electrons. The number of carbonyl (C=O) groups excluding carboxylic acids is 3. The number of carbonyl (C=O) groups is 3. The van der Waals surface area contributed by atoms with Gasteiger partial charge in [0.05, 0.1) is 17.4 Å². The topological polar surface area (TPSA) is 57.7 Å². The standard InChI is InChI=1S/C20H19F3N2O3/c1-24(9-11-3-2-4-14(7-11)20(21,22)23)15(26)10-25-18(27)16-12-5-6-13(8-12)17(16)19(25)28/h2-7,12-13,16-17H,8-10H2,1H3/t12-,13-,16-,17+/m0/s1. The van der Waals surface area contributed by atoms with Crippen LogP contribution in [0.3, 0.4) is 0 Å². The molecular formula is C20H19F3N2O3. The minimum atomic E-state index is -4.46. The number of fused-ring (bicyclic) bond motifs is 5. The molecule has 28 heavy (non-hydrogen) atoms. The maximum atomic E-state index is 12.8. The quantitative estimate of drug-likeness (QED) is 0.584. The Labute approximate surface area is 159 Å². The molecule has 2 bridgehead atoms. The van der Waals surface area contributed by atoms with Crippen molar-refractivity contribution in [2.45, 2.75) is 19.1 Å². The number of hydrogen-bond donors (Lipinski definition) is 0. The fourth-order valence-corrected chi connectivity index (χ4v) is 4.58. The molecule has 1 saturated carbocycles. The average molecular weight is 392 g/mol. The summed E-state index contributed by atoms with van der Waals surface area (Å²) in [5.41, 5.74) is -0.463. The van der Waals surface area contributed by atoms with E-state index >= 15 is 0 Å². The van der Waals surface area contributed by atoms with E-state index in [9.17, 15) is 27.6 Å². The smallest absolute Gasteiger partial charge is 0.340 e. The van der Waals surface area contributed by atoms with Crippen LogP contribution in [0.25, 0.3) is 0 Å². The van der Waals surface area contributed by atoms with Gasteiger partial charge in [-0.05, 0) is 36.0 Å². The third-order valence-electron chi connectivity index (χ3n) is 5.95. The largest absolute Gasteiger partial charge is 0.416 e. The van der Waals surface area contributed by atoms with Crippen LogP contribution in [0.15, 0.2) is 36.4 Å². The molecule has 5 nitrogen and oxygen atoms in total. The highest BCUT2D eigenvalue weighted by molar-refractivity contribution is 6.08. The third-order valence-corrected chi connectivity index (χ3v) is 5.95. The first-order chi connectivity index (χ1) is 13.2. The van der Waals surface area contributed by atoms with Crippen LogP contribution in [0.5, 0.6) is 0 Å². The van der Waals surface area contributed by atoms with Crippen LogP contribution >= 0.6 is 0 Å². The van der Waals surface area contributed by atoms with Gasteiger partial charge in [0.2, 0.25) is 17.7 Å². The molecule has 1 aromatic carbocycles. The molecular weight excluding hydrogens is 373 g/mol. The third kappa shape index (κ3) is 3.00. The highest BCUT2D eigenvalue weighted by Crippen LogP contribution is 2.52. The molecule has 0 aromatic heterocycles. The Balaban J connectivity index is 1.42. The van der Waals surface area contributed by atoms with E-state index in [2.05, 4.69) is 0 Å². The van der Waals surface area contributed by atoms with Gasteiger partial charge in [-0.15, -0.1) is 0 Å². The molecule has 0 radical (unpaired) electrons. The van der Waals surface area contributed by atoms with E-state index < -0.39 is 17.6 Å². The van der Waals surface area contributed by atoms with Crippen molar-refractivity contribution in [3.8, 4) is 0 Å². The zero-order valence-electron chi connectivity index (χ0n) is 15.1. The van der Waals surface area contributed by atoms with E-state index in [1.165, 1.54) is 24.1 Å².